The van der Waals surface area contributed by atoms with E-state index >= 15 is 0 Å². The second-order valence-corrected chi connectivity index (χ2v) is 6.87. The predicted molar refractivity (Wildman–Crippen MR) is 62.7 cm³/mol. The molecule has 1 aromatic carbocycles. The summed E-state index contributed by atoms with van der Waals surface area (Å²) in [5.74, 6) is -0.295. The fourth-order valence-corrected chi connectivity index (χ4v) is 3.51. The van der Waals surface area contributed by atoms with E-state index in [0.29, 0.717) is 0 Å². The van der Waals surface area contributed by atoms with E-state index < -0.39 is 7.60 Å². The molecule has 17 heavy (non-hydrogen) atoms. The predicted octanol–water partition coefficient (Wildman–Crippen LogP) is 1.99. The third-order valence-corrected chi connectivity index (χ3v) is 4.39. The van der Waals surface area contributed by atoms with Gasteiger partial charge in [0.05, 0.1) is 13.2 Å². The van der Waals surface area contributed by atoms with Crippen molar-refractivity contribution >= 4 is 12.9 Å². The Morgan fingerprint density at radius 3 is 2.41 bits per heavy atom. The molecule has 0 radical (unpaired) electrons. The Morgan fingerprint density at radius 1 is 1.24 bits per heavy atom. The Labute approximate surface area is 99.5 Å². The zero-order valence-corrected chi connectivity index (χ0v) is 10.6. The number of benzene rings is 1. The lowest BCUT2D eigenvalue weighted by molar-refractivity contribution is 0.0461. The Balaban J connectivity index is 2.34. The minimum atomic E-state index is -3.52. The SMILES string of the molecule is CC1(C)COP(=O)(c2cc(O)ccc2O)OC1. The smallest absolute Gasteiger partial charge is 0.365 e. The molecule has 1 aliphatic rings. The molecule has 1 heterocycles. The standard InChI is InChI=1S/C11H15O5P/c1-11(2)6-15-17(14,16-7-11)10-5-8(12)3-4-9(10)13/h3-5,12-13H,6-7H2,1-2H3. The van der Waals surface area contributed by atoms with Crippen molar-refractivity contribution in [1.82, 2.24) is 0 Å². The number of phenolic OH excluding ortho intramolecular Hbond substituents is 2. The Morgan fingerprint density at radius 2 is 1.82 bits per heavy atom. The molecule has 0 unspecified atom stereocenters. The summed E-state index contributed by atoms with van der Waals surface area (Å²) in [6, 6.07) is 3.77. The van der Waals surface area contributed by atoms with Crippen LogP contribution in [0, 0.1) is 5.41 Å². The number of hydrogen-bond acceptors (Lipinski definition) is 5. The molecule has 1 aliphatic heterocycles. The van der Waals surface area contributed by atoms with Crippen molar-refractivity contribution in [3.63, 3.8) is 0 Å². The van der Waals surface area contributed by atoms with Crippen LogP contribution in [0.1, 0.15) is 13.8 Å². The monoisotopic (exact) mass is 258 g/mol. The quantitative estimate of drug-likeness (QED) is 0.595. The molecule has 0 atom stereocenters. The molecule has 0 aliphatic carbocycles. The van der Waals surface area contributed by atoms with Crippen LogP contribution in [0.3, 0.4) is 0 Å². The lowest BCUT2D eigenvalue weighted by atomic mass is 9.97. The molecular weight excluding hydrogens is 243 g/mol. The van der Waals surface area contributed by atoms with Gasteiger partial charge in [0.1, 0.15) is 16.8 Å². The molecule has 5 nitrogen and oxygen atoms in total. The van der Waals surface area contributed by atoms with Gasteiger partial charge in [-0.2, -0.15) is 0 Å². The highest BCUT2D eigenvalue weighted by Crippen LogP contribution is 2.54. The van der Waals surface area contributed by atoms with E-state index in [2.05, 4.69) is 0 Å². The molecule has 2 N–H and O–H groups in total. The van der Waals surface area contributed by atoms with E-state index in [1.165, 1.54) is 18.2 Å². The van der Waals surface area contributed by atoms with Crippen molar-refractivity contribution in [2.75, 3.05) is 13.2 Å². The number of hydrogen-bond donors (Lipinski definition) is 2. The molecular formula is C11H15O5P. The molecule has 0 amide bonds. The van der Waals surface area contributed by atoms with Gasteiger partial charge in [0.25, 0.3) is 0 Å². The molecule has 1 saturated heterocycles. The molecule has 0 saturated carbocycles. The van der Waals surface area contributed by atoms with E-state index in [0.717, 1.165) is 0 Å². The van der Waals surface area contributed by atoms with E-state index in [1.807, 2.05) is 13.8 Å². The maximum Gasteiger partial charge on any atom is 0.365 e. The summed E-state index contributed by atoms with van der Waals surface area (Å²) in [6.07, 6.45) is 0. The van der Waals surface area contributed by atoms with Gasteiger partial charge in [0.2, 0.25) is 0 Å². The molecule has 94 valence electrons. The van der Waals surface area contributed by atoms with Crippen LogP contribution in [-0.4, -0.2) is 23.4 Å². The first kappa shape index (κ1) is 12.4. The van der Waals surface area contributed by atoms with Crippen LogP contribution >= 0.6 is 7.60 Å². The first-order valence-electron chi connectivity index (χ1n) is 5.24. The largest absolute Gasteiger partial charge is 0.508 e. The zero-order valence-electron chi connectivity index (χ0n) is 9.71. The van der Waals surface area contributed by atoms with Gasteiger partial charge in [-0.15, -0.1) is 0 Å². The zero-order chi connectivity index (χ0) is 12.7. The minimum absolute atomic E-state index is 0.00741. The average molecular weight is 258 g/mol. The molecule has 0 spiro atoms. The van der Waals surface area contributed by atoms with Crippen LogP contribution in [0.2, 0.25) is 0 Å². The third-order valence-electron chi connectivity index (χ3n) is 2.50. The van der Waals surface area contributed by atoms with E-state index in [9.17, 15) is 14.8 Å². The van der Waals surface area contributed by atoms with Crippen LogP contribution in [0.15, 0.2) is 18.2 Å². The van der Waals surface area contributed by atoms with E-state index in [1.54, 1.807) is 0 Å². The van der Waals surface area contributed by atoms with Gasteiger partial charge < -0.3 is 19.3 Å². The van der Waals surface area contributed by atoms with Crippen LogP contribution in [0.5, 0.6) is 11.5 Å². The van der Waals surface area contributed by atoms with Gasteiger partial charge in [0.15, 0.2) is 0 Å². The second kappa shape index (κ2) is 4.02. The highest BCUT2D eigenvalue weighted by atomic mass is 31.2. The summed E-state index contributed by atoms with van der Waals surface area (Å²) < 4.78 is 22.9. The summed E-state index contributed by atoms with van der Waals surface area (Å²) >= 11 is 0. The summed E-state index contributed by atoms with van der Waals surface area (Å²) in [4.78, 5) is 0. The minimum Gasteiger partial charge on any atom is -0.508 e. The van der Waals surface area contributed by atoms with Crippen molar-refractivity contribution in [3.8, 4) is 11.5 Å². The molecule has 1 aromatic rings. The Kier molecular flexibility index (Phi) is 2.94. The van der Waals surface area contributed by atoms with Crippen molar-refractivity contribution in [2.45, 2.75) is 13.8 Å². The van der Waals surface area contributed by atoms with Crippen LogP contribution < -0.4 is 5.30 Å². The van der Waals surface area contributed by atoms with Crippen LogP contribution in [-0.2, 0) is 13.6 Å². The van der Waals surface area contributed by atoms with Gasteiger partial charge in [-0.1, -0.05) is 13.8 Å². The fourth-order valence-electron chi connectivity index (χ4n) is 1.47. The van der Waals surface area contributed by atoms with Crippen molar-refractivity contribution in [3.05, 3.63) is 18.2 Å². The van der Waals surface area contributed by atoms with Crippen molar-refractivity contribution in [2.24, 2.45) is 5.41 Å². The Bertz CT molecular complexity index is 469. The average Bonchev–Trinajstić information content (AvgIpc) is 2.26. The summed E-state index contributed by atoms with van der Waals surface area (Å²) in [6.45, 7) is 4.41. The summed E-state index contributed by atoms with van der Waals surface area (Å²) in [5.41, 5.74) is -0.208. The lowest BCUT2D eigenvalue weighted by Gasteiger charge is -2.34. The summed E-state index contributed by atoms with van der Waals surface area (Å²) in [5, 5.41) is 19.0. The number of rotatable bonds is 1. The van der Waals surface area contributed by atoms with Gasteiger partial charge >= 0.3 is 7.60 Å². The molecule has 6 heteroatoms. The normalized spacial score (nSPS) is 22.2. The van der Waals surface area contributed by atoms with Crippen molar-refractivity contribution < 1.29 is 23.8 Å². The molecule has 1 fully saturated rings. The first-order valence-corrected chi connectivity index (χ1v) is 6.78. The van der Waals surface area contributed by atoms with Gasteiger partial charge in [0, 0.05) is 5.41 Å². The maximum absolute atomic E-state index is 12.4. The Hall–Kier alpha value is -1.03. The van der Waals surface area contributed by atoms with Gasteiger partial charge in [-0.25, -0.2) is 0 Å². The van der Waals surface area contributed by atoms with E-state index in [-0.39, 0.29) is 35.4 Å². The van der Waals surface area contributed by atoms with Crippen molar-refractivity contribution in [1.29, 1.82) is 0 Å². The fraction of sp³-hybridized carbons (Fsp3) is 0.455. The van der Waals surface area contributed by atoms with Gasteiger partial charge in [-0.05, 0) is 18.2 Å². The highest BCUT2D eigenvalue weighted by Gasteiger charge is 2.39. The third kappa shape index (κ3) is 2.46. The number of aromatic hydroxyl groups is 2. The van der Waals surface area contributed by atoms with Gasteiger partial charge in [-0.3, -0.25) is 4.57 Å². The molecule has 0 aromatic heterocycles. The van der Waals surface area contributed by atoms with Crippen LogP contribution in [0.25, 0.3) is 0 Å². The van der Waals surface area contributed by atoms with E-state index in [4.69, 9.17) is 9.05 Å². The maximum atomic E-state index is 12.4. The second-order valence-electron chi connectivity index (χ2n) is 4.88. The first-order chi connectivity index (χ1) is 7.82. The summed E-state index contributed by atoms with van der Waals surface area (Å²) in [7, 11) is -3.52. The molecule has 2 rings (SSSR count). The molecule has 0 bridgehead atoms. The topological polar surface area (TPSA) is 76.0 Å². The lowest BCUT2D eigenvalue weighted by Crippen LogP contribution is -2.31. The van der Waals surface area contributed by atoms with Crippen LogP contribution in [0.4, 0.5) is 0 Å². The number of phenols is 2. The highest BCUT2D eigenvalue weighted by molar-refractivity contribution is 7.62.